The van der Waals surface area contributed by atoms with Gasteiger partial charge in [-0.05, 0) is 317 Å². The Kier molecular flexibility index (Phi) is 14.9. The average molecular weight is 1350 g/mol. The number of hydrogen-bond acceptors (Lipinski definition) is 2. The second kappa shape index (κ2) is 24.6. The largest absolute Gasteiger partial charge is 0.311 e. The Morgan fingerprint density at radius 3 is 0.781 bits per heavy atom. The molecule has 15 aromatic carbocycles. The van der Waals surface area contributed by atoms with E-state index < -0.39 is 0 Å². The molecule has 4 heterocycles. The van der Waals surface area contributed by atoms with Crippen LogP contribution in [0, 0.1) is 69.2 Å². The number of rotatable bonds is 10. The molecule has 0 N–H and O–H groups in total. The molecule has 0 fully saturated rings. The predicted molar refractivity (Wildman–Crippen MR) is 449 cm³/mol. The van der Waals surface area contributed by atoms with Crippen molar-refractivity contribution >= 4 is 101 Å². The monoisotopic (exact) mass is 1350 g/mol. The first-order valence-electron chi connectivity index (χ1n) is 37.0. The minimum absolute atomic E-state index is 0.167. The van der Waals surface area contributed by atoms with Crippen LogP contribution in [-0.4, -0.2) is 15.8 Å². The zero-order chi connectivity index (χ0) is 71.2. The highest BCUT2D eigenvalue weighted by atomic mass is 15.2. The Labute approximate surface area is 616 Å². The van der Waals surface area contributed by atoms with Crippen LogP contribution in [0.3, 0.4) is 0 Å². The first kappa shape index (κ1) is 63.5. The van der Waals surface area contributed by atoms with E-state index in [-0.39, 0.29) is 6.71 Å². The van der Waals surface area contributed by atoms with Gasteiger partial charge in [0.15, 0.2) is 0 Å². The third kappa shape index (κ3) is 10.1. The van der Waals surface area contributed by atoms with E-state index in [0.717, 1.165) is 78.7 Å². The highest BCUT2D eigenvalue weighted by Gasteiger charge is 2.44. The molecule has 0 radical (unpaired) electrons. The third-order valence-electron chi connectivity index (χ3n) is 23.2. The second-order valence-electron chi connectivity index (χ2n) is 29.7. The summed E-state index contributed by atoms with van der Waals surface area (Å²) in [6.45, 7) is 22.2. The summed E-state index contributed by atoms with van der Waals surface area (Å²) < 4.78 is 5.07. The molecule has 17 aromatic rings. The van der Waals surface area contributed by atoms with Crippen molar-refractivity contribution in [2.45, 2.75) is 69.2 Å². The lowest BCUT2D eigenvalue weighted by Crippen LogP contribution is -2.61. The van der Waals surface area contributed by atoms with E-state index in [4.69, 9.17) is 0 Å². The summed E-state index contributed by atoms with van der Waals surface area (Å²) in [4.78, 5) is 5.16. The van der Waals surface area contributed by atoms with Crippen molar-refractivity contribution in [1.82, 2.24) is 9.13 Å². The van der Waals surface area contributed by atoms with E-state index in [1.165, 1.54) is 149 Å². The predicted octanol–water partition coefficient (Wildman–Crippen LogP) is 25.0. The average Bonchev–Trinajstić information content (AvgIpc) is 0.841. The van der Waals surface area contributed by atoms with Crippen LogP contribution in [0.15, 0.2) is 297 Å². The maximum absolute atomic E-state index is 2.58. The zero-order valence-electron chi connectivity index (χ0n) is 61.2. The molecule has 0 atom stereocenters. The molecular formula is C100H79BN4. The number of anilines is 6. The van der Waals surface area contributed by atoms with Crippen molar-refractivity contribution in [2.75, 3.05) is 9.80 Å². The summed E-state index contributed by atoms with van der Waals surface area (Å²) in [6.07, 6.45) is 0. The van der Waals surface area contributed by atoms with Gasteiger partial charge in [0, 0.05) is 67.0 Å². The molecule has 502 valence electrons. The van der Waals surface area contributed by atoms with Gasteiger partial charge < -0.3 is 18.9 Å². The van der Waals surface area contributed by atoms with Gasteiger partial charge >= 0.3 is 0 Å². The fraction of sp³-hybridized carbons (Fsp3) is 0.100. The minimum atomic E-state index is -0.167. The van der Waals surface area contributed by atoms with Crippen molar-refractivity contribution in [3.63, 3.8) is 0 Å². The zero-order valence-corrected chi connectivity index (χ0v) is 61.2. The number of hydrogen-bond donors (Lipinski definition) is 0. The molecule has 2 aliphatic rings. The molecule has 0 amide bonds. The van der Waals surface area contributed by atoms with Crippen molar-refractivity contribution in [1.29, 1.82) is 0 Å². The maximum Gasteiger partial charge on any atom is 0.252 e. The van der Waals surface area contributed by atoms with Gasteiger partial charge in [0.05, 0.1) is 22.1 Å². The molecule has 5 heteroatoms. The van der Waals surface area contributed by atoms with Gasteiger partial charge in [0.2, 0.25) is 0 Å². The fourth-order valence-corrected chi connectivity index (χ4v) is 18.5. The van der Waals surface area contributed by atoms with Crippen molar-refractivity contribution in [2.24, 2.45) is 0 Å². The van der Waals surface area contributed by atoms with Crippen LogP contribution in [0.4, 0.5) is 34.1 Å². The molecule has 0 aliphatic carbocycles. The molecule has 0 saturated carbocycles. The van der Waals surface area contributed by atoms with Crippen molar-refractivity contribution in [3.8, 4) is 78.1 Å². The summed E-state index contributed by atoms with van der Waals surface area (Å²) >= 11 is 0. The number of aryl methyl sites for hydroxylation is 10. The normalized spacial score (nSPS) is 12.4. The van der Waals surface area contributed by atoms with E-state index in [1.807, 2.05) is 0 Å². The second-order valence-corrected chi connectivity index (χ2v) is 29.7. The lowest BCUT2D eigenvalue weighted by molar-refractivity contribution is 1.17. The molecule has 4 nitrogen and oxygen atoms in total. The Morgan fingerprint density at radius 1 is 0.200 bits per heavy atom. The highest BCUT2D eigenvalue weighted by molar-refractivity contribution is 7.00. The molecule has 2 aliphatic heterocycles. The van der Waals surface area contributed by atoms with Crippen LogP contribution in [-0.2, 0) is 0 Å². The number of fused-ring (bicyclic) bond motifs is 10. The lowest BCUT2D eigenvalue weighted by Gasteiger charge is -2.44. The van der Waals surface area contributed by atoms with E-state index in [0.29, 0.717) is 0 Å². The van der Waals surface area contributed by atoms with Gasteiger partial charge in [-0.1, -0.05) is 188 Å². The molecule has 0 unspecified atom stereocenters. The third-order valence-corrected chi connectivity index (χ3v) is 23.2. The van der Waals surface area contributed by atoms with Crippen molar-refractivity contribution in [3.05, 3.63) is 353 Å². The van der Waals surface area contributed by atoms with Crippen LogP contribution in [0.1, 0.15) is 55.6 Å². The summed E-state index contributed by atoms with van der Waals surface area (Å²) in [7, 11) is 0. The van der Waals surface area contributed by atoms with Crippen LogP contribution in [0.25, 0.3) is 122 Å². The highest BCUT2D eigenvalue weighted by Crippen LogP contribution is 2.50. The van der Waals surface area contributed by atoms with Crippen LogP contribution in [0.5, 0.6) is 0 Å². The summed E-state index contributed by atoms with van der Waals surface area (Å²) in [5.74, 6) is 0. The van der Waals surface area contributed by atoms with Crippen LogP contribution < -0.4 is 26.2 Å². The molecule has 0 saturated heterocycles. The number of nitrogens with zero attached hydrogens (tertiary/aromatic N) is 4. The van der Waals surface area contributed by atoms with Gasteiger partial charge in [0.25, 0.3) is 6.71 Å². The van der Waals surface area contributed by atoms with E-state index in [2.05, 4.69) is 385 Å². The quantitative estimate of drug-likeness (QED) is 0.127. The number of para-hydroxylation sites is 2. The van der Waals surface area contributed by atoms with Crippen molar-refractivity contribution < 1.29 is 0 Å². The van der Waals surface area contributed by atoms with Gasteiger partial charge in [-0.3, -0.25) is 0 Å². The molecule has 2 aromatic heterocycles. The lowest BCUT2D eigenvalue weighted by atomic mass is 9.33. The fourth-order valence-electron chi connectivity index (χ4n) is 18.5. The summed E-state index contributed by atoms with van der Waals surface area (Å²) in [5, 5.41) is 4.90. The Balaban J connectivity index is 0.876. The van der Waals surface area contributed by atoms with Gasteiger partial charge in [-0.2, -0.15) is 0 Å². The number of aromatic nitrogens is 2. The molecule has 105 heavy (non-hydrogen) atoms. The van der Waals surface area contributed by atoms with Gasteiger partial charge in [-0.25, -0.2) is 0 Å². The van der Waals surface area contributed by atoms with E-state index in [9.17, 15) is 0 Å². The Bertz CT molecular complexity index is 5810. The molecule has 0 bridgehead atoms. The molecule has 19 rings (SSSR count). The van der Waals surface area contributed by atoms with Gasteiger partial charge in [0.1, 0.15) is 0 Å². The molecular weight excluding hydrogens is 1270 g/mol. The topological polar surface area (TPSA) is 16.3 Å². The van der Waals surface area contributed by atoms with E-state index in [1.54, 1.807) is 0 Å². The summed E-state index contributed by atoms with van der Waals surface area (Å²) in [6, 6.07) is 113. The first-order valence-corrected chi connectivity index (χ1v) is 37.0. The minimum Gasteiger partial charge on any atom is -0.311 e. The van der Waals surface area contributed by atoms with Crippen LogP contribution >= 0.6 is 0 Å². The van der Waals surface area contributed by atoms with E-state index >= 15 is 0 Å². The molecule has 0 spiro atoms. The van der Waals surface area contributed by atoms with Crippen LogP contribution in [0.2, 0.25) is 0 Å². The first-order chi connectivity index (χ1) is 51.2. The number of benzene rings is 15. The Hall–Kier alpha value is -12.4. The smallest absolute Gasteiger partial charge is 0.252 e. The SMILES string of the molecule is Cc1cccc(C)c1-c1ccc(-c2cc3c4c(c2)N(c2ccccc2)c2cc(-n5c6ccc(-c7c(C)cccc7C)cc6c6cc(-c7c(C)cccc7C)ccc65)ccc2B4c2ccc(-n4c5ccc(-c6c(C)cccc6C)cc5c5cc(-c6c(C)cccc6C)ccc54)cc2N3c2ccccc2)cc1. The Morgan fingerprint density at radius 2 is 0.476 bits per heavy atom. The maximum atomic E-state index is 2.58. The summed E-state index contributed by atoms with van der Waals surface area (Å²) in [5.41, 5.74) is 45.0. The van der Waals surface area contributed by atoms with Gasteiger partial charge in [-0.15, -0.1) is 0 Å². The standard InChI is InChI=1S/C100H79BN4/c1-60-22-17-23-61(2)95(60)71-38-36-70(37-39-71)76-56-93-100-94(57-76)103(78-34-15-12-16-35-78)92-59-80(105-89-50-42-74(98-66(7)28-20-29-67(98)8)54-83(89)84-55-75(43-51-90(84)105)99-68(9)30-21-31-69(99)10)45-47-86(92)101(100)85-46-44-79(58-91(85)102(93)77-32-13-11-14-33-77)104-87-48-40-72(96-62(3)24-18-25-63(96)4)52-81(87)82-53-73(41-49-88(82)104)97-64(5)26-19-27-65(97)6/h11-59H,1-10H3.